The average Bonchev–Trinajstić information content (AvgIpc) is 2.39. The smallest absolute Gasteiger partial charge is 0.404 e. The van der Waals surface area contributed by atoms with Crippen LogP contribution in [0.4, 0.5) is 4.79 Å². The van der Waals surface area contributed by atoms with Crippen molar-refractivity contribution in [3.8, 4) is 5.75 Å². The molecule has 1 aromatic carbocycles. The molecule has 0 aliphatic carbocycles. The first-order chi connectivity index (χ1) is 10.1. The van der Waals surface area contributed by atoms with Crippen molar-refractivity contribution in [1.82, 2.24) is 5.32 Å². The van der Waals surface area contributed by atoms with E-state index in [2.05, 4.69) is 21.2 Å². The Morgan fingerprint density at radius 1 is 1.14 bits per heavy atom. The maximum absolute atomic E-state index is 10.1. The Morgan fingerprint density at radius 3 is 2.48 bits per heavy atom. The average molecular weight is 383 g/mol. The van der Waals surface area contributed by atoms with Crippen LogP contribution >= 0.6 is 27.5 Å². The number of ether oxygens (including phenoxy) is 3. The third-order valence-electron chi connectivity index (χ3n) is 2.23. The minimum atomic E-state index is -1.06. The van der Waals surface area contributed by atoms with Gasteiger partial charge in [0.1, 0.15) is 12.4 Å². The highest BCUT2D eigenvalue weighted by Crippen LogP contribution is 2.24. The molecule has 0 heterocycles. The monoisotopic (exact) mass is 381 g/mol. The summed E-state index contributed by atoms with van der Waals surface area (Å²) >= 11 is 9.22. The fourth-order valence-electron chi connectivity index (χ4n) is 1.38. The molecule has 0 bridgehead atoms. The van der Waals surface area contributed by atoms with Crippen molar-refractivity contribution in [2.24, 2.45) is 0 Å². The van der Waals surface area contributed by atoms with Crippen LogP contribution in [0.15, 0.2) is 22.7 Å². The van der Waals surface area contributed by atoms with E-state index in [0.717, 1.165) is 4.47 Å². The van der Waals surface area contributed by atoms with Crippen molar-refractivity contribution in [2.75, 3.05) is 39.6 Å². The van der Waals surface area contributed by atoms with Gasteiger partial charge in [0, 0.05) is 16.0 Å². The largest absolute Gasteiger partial charge is 0.491 e. The standard InChI is InChI=1S/C13H17BrClNO5/c14-10-7-11(15)9-12(8-10)21-6-5-20-4-3-19-2-1-16-13(17)18/h7-9,16H,1-6H2,(H,17,18). The molecule has 0 aromatic heterocycles. The molecular formula is C13H17BrClNO5. The predicted molar refractivity (Wildman–Crippen MR) is 82.3 cm³/mol. The van der Waals surface area contributed by atoms with E-state index in [4.69, 9.17) is 30.9 Å². The fraction of sp³-hybridized carbons (Fsp3) is 0.462. The van der Waals surface area contributed by atoms with Crippen molar-refractivity contribution >= 4 is 33.6 Å². The molecule has 118 valence electrons. The second-order valence-corrected chi connectivity index (χ2v) is 5.26. The van der Waals surface area contributed by atoms with E-state index >= 15 is 0 Å². The van der Waals surface area contributed by atoms with Crippen LogP contribution in [0.3, 0.4) is 0 Å². The third-order valence-corrected chi connectivity index (χ3v) is 2.90. The van der Waals surface area contributed by atoms with Crippen LogP contribution in [0.25, 0.3) is 0 Å². The quantitative estimate of drug-likeness (QED) is 0.609. The third kappa shape index (κ3) is 9.52. The van der Waals surface area contributed by atoms with Crippen LogP contribution in [-0.4, -0.2) is 50.8 Å². The van der Waals surface area contributed by atoms with E-state index in [9.17, 15) is 4.79 Å². The number of hydrogen-bond acceptors (Lipinski definition) is 4. The first-order valence-electron chi connectivity index (χ1n) is 6.29. The Labute approximate surface area is 136 Å². The van der Waals surface area contributed by atoms with Gasteiger partial charge in [-0.3, -0.25) is 0 Å². The first kappa shape index (κ1) is 18.0. The number of amides is 1. The Kier molecular flexibility index (Phi) is 9.16. The molecule has 0 saturated heterocycles. The van der Waals surface area contributed by atoms with E-state index in [1.807, 2.05) is 6.07 Å². The van der Waals surface area contributed by atoms with Gasteiger partial charge in [0.15, 0.2) is 0 Å². The Morgan fingerprint density at radius 2 is 1.81 bits per heavy atom. The minimum absolute atomic E-state index is 0.266. The molecule has 1 aromatic rings. The zero-order valence-electron chi connectivity index (χ0n) is 11.3. The van der Waals surface area contributed by atoms with Gasteiger partial charge in [-0.15, -0.1) is 0 Å². The second kappa shape index (κ2) is 10.7. The van der Waals surface area contributed by atoms with Crippen LogP contribution in [0.1, 0.15) is 0 Å². The topological polar surface area (TPSA) is 77.0 Å². The molecule has 6 nitrogen and oxygen atoms in total. The molecule has 0 unspecified atom stereocenters. The van der Waals surface area contributed by atoms with Gasteiger partial charge in [-0.05, 0) is 18.2 Å². The molecule has 0 spiro atoms. The van der Waals surface area contributed by atoms with Gasteiger partial charge in [0.2, 0.25) is 0 Å². The summed E-state index contributed by atoms with van der Waals surface area (Å²) in [5.74, 6) is 0.675. The highest BCUT2D eigenvalue weighted by molar-refractivity contribution is 9.10. The molecule has 0 radical (unpaired) electrons. The number of carboxylic acid groups (broad SMARTS) is 1. The van der Waals surface area contributed by atoms with E-state index in [-0.39, 0.29) is 6.54 Å². The lowest BCUT2D eigenvalue weighted by molar-refractivity contribution is 0.0373. The summed E-state index contributed by atoms with van der Waals surface area (Å²) < 4.78 is 16.8. The van der Waals surface area contributed by atoms with Crippen molar-refractivity contribution in [3.05, 3.63) is 27.7 Å². The zero-order valence-corrected chi connectivity index (χ0v) is 13.7. The fourth-order valence-corrected chi connectivity index (χ4v) is 2.21. The van der Waals surface area contributed by atoms with Crippen LogP contribution in [0.2, 0.25) is 5.02 Å². The highest BCUT2D eigenvalue weighted by Gasteiger charge is 1.99. The van der Waals surface area contributed by atoms with Crippen molar-refractivity contribution in [1.29, 1.82) is 0 Å². The van der Waals surface area contributed by atoms with Gasteiger partial charge >= 0.3 is 6.09 Å². The number of hydrogen-bond donors (Lipinski definition) is 2. The van der Waals surface area contributed by atoms with E-state index in [0.29, 0.717) is 43.8 Å². The second-order valence-electron chi connectivity index (χ2n) is 3.91. The Bertz CT molecular complexity index is 426. The summed E-state index contributed by atoms with van der Waals surface area (Å²) in [6.45, 7) is 2.26. The van der Waals surface area contributed by atoms with Crippen LogP contribution in [0, 0.1) is 0 Å². The van der Waals surface area contributed by atoms with Crippen LogP contribution in [0.5, 0.6) is 5.75 Å². The zero-order chi connectivity index (χ0) is 15.5. The van der Waals surface area contributed by atoms with Crippen molar-refractivity contribution in [2.45, 2.75) is 0 Å². The van der Waals surface area contributed by atoms with Crippen LogP contribution in [-0.2, 0) is 9.47 Å². The first-order valence-corrected chi connectivity index (χ1v) is 7.46. The van der Waals surface area contributed by atoms with E-state index < -0.39 is 6.09 Å². The molecule has 8 heteroatoms. The molecular weight excluding hydrogens is 366 g/mol. The van der Waals surface area contributed by atoms with Gasteiger partial charge < -0.3 is 24.6 Å². The maximum Gasteiger partial charge on any atom is 0.404 e. The molecule has 21 heavy (non-hydrogen) atoms. The summed E-state index contributed by atoms with van der Waals surface area (Å²) in [6.07, 6.45) is -1.06. The predicted octanol–water partition coefficient (Wildman–Crippen LogP) is 2.78. The Balaban J connectivity index is 1.96. The normalized spacial score (nSPS) is 10.4. The van der Waals surface area contributed by atoms with Crippen molar-refractivity contribution < 1.29 is 24.1 Å². The molecule has 2 N–H and O–H groups in total. The summed E-state index contributed by atoms with van der Waals surface area (Å²) in [7, 11) is 0. The summed E-state index contributed by atoms with van der Waals surface area (Å²) in [6, 6.07) is 5.33. The highest BCUT2D eigenvalue weighted by atomic mass is 79.9. The van der Waals surface area contributed by atoms with Crippen molar-refractivity contribution in [3.63, 3.8) is 0 Å². The van der Waals surface area contributed by atoms with Gasteiger partial charge in [-0.1, -0.05) is 27.5 Å². The number of nitrogens with one attached hydrogen (secondary N) is 1. The van der Waals surface area contributed by atoms with Gasteiger partial charge in [-0.2, -0.15) is 0 Å². The molecule has 0 saturated carbocycles. The van der Waals surface area contributed by atoms with Gasteiger partial charge in [0.05, 0.1) is 26.4 Å². The summed E-state index contributed by atoms with van der Waals surface area (Å²) in [5.41, 5.74) is 0. The number of carbonyl (C=O) groups is 1. The van der Waals surface area contributed by atoms with E-state index in [1.54, 1.807) is 12.1 Å². The molecule has 0 aliphatic heterocycles. The number of rotatable bonds is 10. The molecule has 1 rings (SSSR count). The van der Waals surface area contributed by atoms with Gasteiger partial charge in [0.25, 0.3) is 0 Å². The lowest BCUT2D eigenvalue weighted by Gasteiger charge is -2.08. The minimum Gasteiger partial charge on any atom is -0.491 e. The van der Waals surface area contributed by atoms with Gasteiger partial charge in [-0.25, -0.2) is 4.79 Å². The van der Waals surface area contributed by atoms with Crippen LogP contribution < -0.4 is 10.1 Å². The summed E-state index contributed by atoms with van der Waals surface area (Å²) in [5, 5.41) is 11.1. The number of benzene rings is 1. The molecule has 0 atom stereocenters. The number of halogens is 2. The molecule has 0 aliphatic rings. The molecule has 0 fully saturated rings. The summed E-state index contributed by atoms with van der Waals surface area (Å²) in [4.78, 5) is 10.1. The SMILES string of the molecule is O=C(O)NCCOCCOCCOc1cc(Cl)cc(Br)c1. The molecule has 1 amide bonds. The maximum atomic E-state index is 10.1. The lowest BCUT2D eigenvalue weighted by atomic mass is 10.3. The van der Waals surface area contributed by atoms with E-state index in [1.165, 1.54) is 0 Å². The lowest BCUT2D eigenvalue weighted by Crippen LogP contribution is -2.25. The Hall–Kier alpha value is -1.02.